The Balaban J connectivity index is 3.17. The SMILES string of the molecule is CC1=CC(=N\C#N)/C(C)=CC/1=N\C#N. The van der Waals surface area contributed by atoms with Gasteiger partial charge in [0.25, 0.3) is 0 Å². The van der Waals surface area contributed by atoms with E-state index in [9.17, 15) is 0 Å². The van der Waals surface area contributed by atoms with Gasteiger partial charge in [-0.3, -0.25) is 0 Å². The first-order valence-electron chi connectivity index (χ1n) is 4.00. The minimum absolute atomic E-state index is 0.627. The minimum atomic E-state index is 0.627. The average molecular weight is 184 g/mol. The number of hydrogen-bond acceptors (Lipinski definition) is 4. The second kappa shape index (κ2) is 4.15. The predicted molar refractivity (Wildman–Crippen MR) is 53.6 cm³/mol. The van der Waals surface area contributed by atoms with Crippen molar-refractivity contribution in [1.29, 1.82) is 10.5 Å². The summed E-state index contributed by atoms with van der Waals surface area (Å²) in [6.45, 7) is 3.65. The summed E-state index contributed by atoms with van der Waals surface area (Å²) < 4.78 is 0. The zero-order valence-corrected chi connectivity index (χ0v) is 7.94. The average Bonchev–Trinajstić information content (AvgIpc) is 2.14. The zero-order chi connectivity index (χ0) is 10.6. The maximum Gasteiger partial charge on any atom is 0.206 e. The van der Waals surface area contributed by atoms with Gasteiger partial charge in [-0.05, 0) is 37.1 Å². The van der Waals surface area contributed by atoms with Gasteiger partial charge in [-0.1, -0.05) is 0 Å². The van der Waals surface area contributed by atoms with Crippen LogP contribution in [0.2, 0.25) is 0 Å². The van der Waals surface area contributed by atoms with Crippen LogP contribution in [0.1, 0.15) is 13.8 Å². The first kappa shape index (κ1) is 9.88. The lowest BCUT2D eigenvalue weighted by molar-refractivity contribution is 1.39. The first-order valence-corrected chi connectivity index (χ1v) is 4.00. The largest absolute Gasteiger partial charge is 0.206 e. The van der Waals surface area contributed by atoms with Gasteiger partial charge in [0.05, 0.1) is 11.4 Å². The van der Waals surface area contributed by atoms with E-state index < -0.39 is 0 Å². The van der Waals surface area contributed by atoms with Crippen LogP contribution in [0, 0.1) is 22.9 Å². The third kappa shape index (κ3) is 1.94. The van der Waals surface area contributed by atoms with E-state index in [0.717, 1.165) is 11.1 Å². The molecule has 0 spiro atoms. The Morgan fingerprint density at radius 2 is 1.29 bits per heavy atom. The second-order valence-electron chi connectivity index (χ2n) is 2.85. The molecule has 4 nitrogen and oxygen atoms in total. The Morgan fingerprint density at radius 3 is 1.57 bits per heavy atom. The van der Waals surface area contributed by atoms with Crippen LogP contribution in [0.15, 0.2) is 33.3 Å². The normalized spacial score (nSPS) is 21.1. The molecule has 0 amide bonds. The van der Waals surface area contributed by atoms with Gasteiger partial charge in [-0.2, -0.15) is 20.5 Å². The smallest absolute Gasteiger partial charge is 0.173 e. The number of rotatable bonds is 0. The molecule has 0 aromatic heterocycles. The van der Waals surface area contributed by atoms with E-state index in [1.165, 1.54) is 0 Å². The molecular weight excluding hydrogens is 176 g/mol. The Kier molecular flexibility index (Phi) is 2.93. The molecule has 0 bridgehead atoms. The summed E-state index contributed by atoms with van der Waals surface area (Å²) in [6.07, 6.45) is 6.96. The molecule has 1 aliphatic carbocycles. The fraction of sp³-hybridized carbons (Fsp3) is 0.200. The summed E-state index contributed by atoms with van der Waals surface area (Å²) in [7, 11) is 0. The van der Waals surface area contributed by atoms with Gasteiger partial charge in [0, 0.05) is 0 Å². The number of nitriles is 2. The molecule has 0 aromatic rings. The second-order valence-corrected chi connectivity index (χ2v) is 2.85. The summed E-state index contributed by atoms with van der Waals surface area (Å²) in [6, 6.07) is 0. The standard InChI is InChI=1S/C10H8N4/c1-7-3-10(14-6-12)8(2)4-9(7)13-5-11/h3-4H,1-2H3/b13-9+,14-10+. The molecular formula is C10H8N4. The van der Waals surface area contributed by atoms with E-state index in [-0.39, 0.29) is 0 Å². The number of aliphatic imine (C=N–C) groups is 2. The molecule has 0 heterocycles. The van der Waals surface area contributed by atoms with E-state index >= 15 is 0 Å². The Bertz CT molecular complexity index is 405. The van der Waals surface area contributed by atoms with Gasteiger partial charge < -0.3 is 0 Å². The van der Waals surface area contributed by atoms with E-state index in [1.54, 1.807) is 24.5 Å². The number of nitrogens with zero attached hydrogens (tertiary/aromatic N) is 4. The van der Waals surface area contributed by atoms with Gasteiger partial charge in [-0.15, -0.1) is 0 Å². The van der Waals surface area contributed by atoms with Crippen molar-refractivity contribution in [2.45, 2.75) is 13.8 Å². The monoisotopic (exact) mass is 184 g/mol. The summed E-state index contributed by atoms with van der Waals surface area (Å²) in [5.41, 5.74) is 2.93. The minimum Gasteiger partial charge on any atom is -0.173 e. The number of hydrogen-bond donors (Lipinski definition) is 0. The van der Waals surface area contributed by atoms with Crippen LogP contribution in [-0.2, 0) is 0 Å². The quantitative estimate of drug-likeness (QED) is 0.425. The summed E-state index contributed by atoms with van der Waals surface area (Å²) in [5.74, 6) is 0. The van der Waals surface area contributed by atoms with Gasteiger partial charge >= 0.3 is 0 Å². The lowest BCUT2D eigenvalue weighted by Gasteiger charge is -2.09. The highest BCUT2D eigenvalue weighted by molar-refractivity contribution is 6.23. The Labute approximate surface area is 82.2 Å². The van der Waals surface area contributed by atoms with Crippen molar-refractivity contribution in [3.63, 3.8) is 0 Å². The van der Waals surface area contributed by atoms with Crippen LogP contribution in [0.4, 0.5) is 0 Å². The number of allylic oxidation sites excluding steroid dienone is 4. The van der Waals surface area contributed by atoms with Crippen LogP contribution in [0.5, 0.6) is 0 Å². The predicted octanol–water partition coefficient (Wildman–Crippen LogP) is 1.74. The van der Waals surface area contributed by atoms with Gasteiger partial charge in [0.15, 0.2) is 0 Å². The molecule has 14 heavy (non-hydrogen) atoms. The van der Waals surface area contributed by atoms with E-state index in [0.29, 0.717) is 11.4 Å². The van der Waals surface area contributed by atoms with Crippen molar-refractivity contribution >= 4 is 11.4 Å². The third-order valence-corrected chi connectivity index (χ3v) is 1.86. The molecule has 1 rings (SSSR count). The highest BCUT2D eigenvalue weighted by Crippen LogP contribution is 2.13. The lowest BCUT2D eigenvalue weighted by atomic mass is 9.98. The fourth-order valence-electron chi connectivity index (χ4n) is 1.13. The van der Waals surface area contributed by atoms with Crippen LogP contribution in [-0.4, -0.2) is 11.4 Å². The van der Waals surface area contributed by atoms with Gasteiger partial charge in [0.2, 0.25) is 12.4 Å². The van der Waals surface area contributed by atoms with Crippen LogP contribution in [0.3, 0.4) is 0 Å². The maximum atomic E-state index is 8.42. The van der Waals surface area contributed by atoms with Gasteiger partial charge in [0.1, 0.15) is 0 Å². The fourth-order valence-corrected chi connectivity index (χ4v) is 1.13. The van der Waals surface area contributed by atoms with E-state index in [1.807, 2.05) is 13.8 Å². The third-order valence-electron chi connectivity index (χ3n) is 1.86. The Hall–Kier alpha value is -2.20. The topological polar surface area (TPSA) is 72.3 Å². The van der Waals surface area contributed by atoms with E-state index in [2.05, 4.69) is 9.98 Å². The Morgan fingerprint density at radius 1 is 0.929 bits per heavy atom. The lowest BCUT2D eigenvalue weighted by Crippen LogP contribution is -2.10. The highest BCUT2D eigenvalue weighted by atomic mass is 14.8. The molecule has 0 unspecified atom stereocenters. The van der Waals surface area contributed by atoms with E-state index in [4.69, 9.17) is 10.5 Å². The van der Waals surface area contributed by atoms with Crippen molar-refractivity contribution in [2.75, 3.05) is 0 Å². The molecule has 0 saturated heterocycles. The van der Waals surface area contributed by atoms with Crippen molar-refractivity contribution in [3.8, 4) is 12.4 Å². The van der Waals surface area contributed by atoms with Crippen molar-refractivity contribution in [2.24, 2.45) is 9.98 Å². The van der Waals surface area contributed by atoms with Crippen LogP contribution >= 0.6 is 0 Å². The molecule has 0 aliphatic heterocycles. The molecule has 4 heteroatoms. The summed E-state index contributed by atoms with van der Waals surface area (Å²) in [5, 5.41) is 16.8. The molecule has 68 valence electrons. The van der Waals surface area contributed by atoms with Crippen molar-refractivity contribution in [3.05, 3.63) is 23.3 Å². The van der Waals surface area contributed by atoms with Crippen LogP contribution in [0.25, 0.3) is 0 Å². The molecule has 0 saturated carbocycles. The molecule has 0 radical (unpaired) electrons. The van der Waals surface area contributed by atoms with Gasteiger partial charge in [-0.25, -0.2) is 0 Å². The molecule has 0 aromatic carbocycles. The molecule has 0 fully saturated rings. The molecule has 0 N–H and O–H groups in total. The summed E-state index contributed by atoms with van der Waals surface area (Å²) in [4.78, 5) is 7.30. The summed E-state index contributed by atoms with van der Waals surface area (Å²) >= 11 is 0. The molecule has 1 aliphatic rings. The van der Waals surface area contributed by atoms with Crippen LogP contribution < -0.4 is 0 Å². The van der Waals surface area contributed by atoms with Crippen molar-refractivity contribution in [1.82, 2.24) is 0 Å². The zero-order valence-electron chi connectivity index (χ0n) is 7.94. The molecule has 0 atom stereocenters. The highest BCUT2D eigenvalue weighted by Gasteiger charge is 2.10. The van der Waals surface area contributed by atoms with Crippen molar-refractivity contribution < 1.29 is 0 Å². The first-order chi connectivity index (χ1) is 6.69. The maximum absolute atomic E-state index is 8.42.